The number of hydrogen-bond donors (Lipinski definition) is 3. The fraction of sp³-hybridized carbons (Fsp3) is 0.320. The number of aliphatic hydroxyl groups excluding tert-OH is 1. The standard InChI is InChI=1S/C25H26Cl2N4O3/c26-19-3-1-2-16(12-19)24(33)29-15-18-13-20(5-6-22(18)27)30-25(34)17-4-7-23(28-14-17)31-10-8-21(32)9-11-31/h1-7,13-14,19,21,32H,8-12,15H2,(H,29,33)(H,30,34). The Morgan fingerprint density at radius 3 is 2.65 bits per heavy atom. The Kier molecular flexibility index (Phi) is 7.88. The number of aromatic nitrogens is 1. The van der Waals surface area contributed by atoms with Crippen molar-refractivity contribution in [3.05, 3.63) is 76.5 Å². The molecule has 2 aliphatic rings. The van der Waals surface area contributed by atoms with Crippen LogP contribution in [-0.4, -0.2) is 46.5 Å². The highest BCUT2D eigenvalue weighted by atomic mass is 35.5. The predicted octanol–water partition coefficient (Wildman–Crippen LogP) is 4.06. The molecule has 3 N–H and O–H groups in total. The molecule has 1 saturated heterocycles. The number of anilines is 2. The second kappa shape index (κ2) is 11.0. The molecular formula is C25H26Cl2N4O3. The molecule has 7 nitrogen and oxygen atoms in total. The summed E-state index contributed by atoms with van der Waals surface area (Å²) in [4.78, 5) is 31.7. The van der Waals surface area contributed by atoms with E-state index < -0.39 is 0 Å². The Balaban J connectivity index is 1.36. The van der Waals surface area contributed by atoms with E-state index >= 15 is 0 Å². The van der Waals surface area contributed by atoms with E-state index in [9.17, 15) is 14.7 Å². The highest BCUT2D eigenvalue weighted by molar-refractivity contribution is 6.31. The number of alkyl halides is 1. The van der Waals surface area contributed by atoms with Gasteiger partial charge in [0.1, 0.15) is 5.82 Å². The van der Waals surface area contributed by atoms with Crippen molar-refractivity contribution < 1.29 is 14.7 Å². The number of nitrogens with zero attached hydrogens (tertiary/aromatic N) is 2. The molecule has 1 aromatic heterocycles. The van der Waals surface area contributed by atoms with Gasteiger partial charge in [0.15, 0.2) is 0 Å². The van der Waals surface area contributed by atoms with E-state index in [1.807, 2.05) is 12.1 Å². The zero-order valence-corrected chi connectivity index (χ0v) is 20.0. The number of hydrogen-bond acceptors (Lipinski definition) is 5. The van der Waals surface area contributed by atoms with E-state index in [-0.39, 0.29) is 29.8 Å². The molecule has 4 rings (SSSR count). The van der Waals surface area contributed by atoms with Crippen molar-refractivity contribution in [3.8, 4) is 0 Å². The minimum atomic E-state index is -0.294. The fourth-order valence-corrected chi connectivity index (χ4v) is 4.32. The molecule has 34 heavy (non-hydrogen) atoms. The molecule has 0 saturated carbocycles. The van der Waals surface area contributed by atoms with Crippen LogP contribution in [0.2, 0.25) is 5.02 Å². The zero-order chi connectivity index (χ0) is 24.1. The molecule has 0 bridgehead atoms. The Hall–Kier alpha value is -2.87. The van der Waals surface area contributed by atoms with Crippen LogP contribution in [0.3, 0.4) is 0 Å². The largest absolute Gasteiger partial charge is 0.393 e. The molecule has 2 aromatic rings. The van der Waals surface area contributed by atoms with Crippen molar-refractivity contribution in [1.29, 1.82) is 0 Å². The third-order valence-electron chi connectivity index (χ3n) is 5.87. The molecule has 1 aliphatic heterocycles. The van der Waals surface area contributed by atoms with Crippen molar-refractivity contribution in [2.24, 2.45) is 0 Å². The van der Waals surface area contributed by atoms with Gasteiger partial charge in [0.2, 0.25) is 5.91 Å². The molecule has 2 amide bonds. The van der Waals surface area contributed by atoms with Crippen molar-refractivity contribution in [2.75, 3.05) is 23.3 Å². The van der Waals surface area contributed by atoms with E-state index in [0.717, 1.165) is 18.9 Å². The number of amides is 2. The third-order valence-corrected chi connectivity index (χ3v) is 6.53. The van der Waals surface area contributed by atoms with Crippen LogP contribution in [0, 0.1) is 0 Å². The average molecular weight is 501 g/mol. The lowest BCUT2D eigenvalue weighted by atomic mass is 10.0. The van der Waals surface area contributed by atoms with Crippen molar-refractivity contribution in [1.82, 2.24) is 10.3 Å². The highest BCUT2D eigenvalue weighted by Crippen LogP contribution is 2.23. The number of allylic oxidation sites excluding steroid dienone is 3. The first-order valence-electron chi connectivity index (χ1n) is 11.2. The smallest absolute Gasteiger partial charge is 0.257 e. The summed E-state index contributed by atoms with van der Waals surface area (Å²) < 4.78 is 0. The van der Waals surface area contributed by atoms with Gasteiger partial charge in [-0.1, -0.05) is 29.8 Å². The molecule has 9 heteroatoms. The summed E-state index contributed by atoms with van der Waals surface area (Å²) in [5.74, 6) is 0.296. The summed E-state index contributed by atoms with van der Waals surface area (Å²) in [6.45, 7) is 1.70. The monoisotopic (exact) mass is 500 g/mol. The van der Waals surface area contributed by atoms with Crippen molar-refractivity contribution in [2.45, 2.75) is 37.3 Å². The third kappa shape index (κ3) is 6.17. The Bertz CT molecular complexity index is 1110. The van der Waals surface area contributed by atoms with Crippen LogP contribution in [0.5, 0.6) is 0 Å². The fourth-order valence-electron chi connectivity index (χ4n) is 3.89. The van der Waals surface area contributed by atoms with Gasteiger partial charge in [0, 0.05) is 42.1 Å². The maximum absolute atomic E-state index is 12.7. The van der Waals surface area contributed by atoms with Crippen LogP contribution >= 0.6 is 23.2 Å². The minimum absolute atomic E-state index is 0.191. The van der Waals surface area contributed by atoms with Gasteiger partial charge in [-0.15, -0.1) is 11.6 Å². The first-order valence-corrected chi connectivity index (χ1v) is 12.0. The molecule has 1 aromatic carbocycles. The lowest BCUT2D eigenvalue weighted by Crippen LogP contribution is -2.36. The van der Waals surface area contributed by atoms with Crippen LogP contribution in [0.25, 0.3) is 0 Å². The van der Waals surface area contributed by atoms with Crippen molar-refractivity contribution >= 4 is 46.5 Å². The number of piperidine rings is 1. The lowest BCUT2D eigenvalue weighted by molar-refractivity contribution is -0.117. The van der Waals surface area contributed by atoms with Crippen LogP contribution in [0.15, 0.2) is 60.3 Å². The van der Waals surface area contributed by atoms with Gasteiger partial charge in [-0.05, 0) is 55.2 Å². The summed E-state index contributed by atoms with van der Waals surface area (Å²) in [6.07, 6.45) is 8.56. The van der Waals surface area contributed by atoms with Gasteiger partial charge in [-0.3, -0.25) is 9.59 Å². The molecule has 1 atom stereocenters. The van der Waals surface area contributed by atoms with Gasteiger partial charge >= 0.3 is 0 Å². The Morgan fingerprint density at radius 2 is 1.94 bits per heavy atom. The zero-order valence-electron chi connectivity index (χ0n) is 18.5. The summed E-state index contributed by atoms with van der Waals surface area (Å²) in [5, 5.41) is 15.7. The number of benzene rings is 1. The first kappa shape index (κ1) is 24.3. The van der Waals surface area contributed by atoms with Gasteiger partial charge in [-0.25, -0.2) is 4.98 Å². The topological polar surface area (TPSA) is 94.6 Å². The summed E-state index contributed by atoms with van der Waals surface area (Å²) in [6, 6.07) is 8.67. The minimum Gasteiger partial charge on any atom is -0.393 e. The summed E-state index contributed by atoms with van der Waals surface area (Å²) in [7, 11) is 0. The molecule has 178 valence electrons. The number of halogens is 2. The summed E-state index contributed by atoms with van der Waals surface area (Å²) >= 11 is 12.4. The second-order valence-corrected chi connectivity index (χ2v) is 9.33. The maximum atomic E-state index is 12.7. The van der Waals surface area contributed by atoms with Gasteiger partial charge in [0.05, 0.1) is 17.0 Å². The van der Waals surface area contributed by atoms with Crippen molar-refractivity contribution in [3.63, 3.8) is 0 Å². The van der Waals surface area contributed by atoms with E-state index in [2.05, 4.69) is 20.5 Å². The number of carbonyl (C=O) groups is 2. The lowest BCUT2D eigenvalue weighted by Gasteiger charge is -2.30. The highest BCUT2D eigenvalue weighted by Gasteiger charge is 2.19. The second-order valence-electron chi connectivity index (χ2n) is 8.36. The molecule has 1 aliphatic carbocycles. The van der Waals surface area contributed by atoms with E-state index in [4.69, 9.17) is 23.2 Å². The first-order chi connectivity index (χ1) is 16.4. The predicted molar refractivity (Wildman–Crippen MR) is 134 cm³/mol. The van der Waals surface area contributed by atoms with Gasteiger partial charge in [-0.2, -0.15) is 0 Å². The number of nitrogens with one attached hydrogen (secondary N) is 2. The van der Waals surface area contributed by atoms with Gasteiger partial charge < -0.3 is 20.6 Å². The Labute approximate surface area is 208 Å². The van der Waals surface area contributed by atoms with Crippen LogP contribution in [0.1, 0.15) is 35.2 Å². The van der Waals surface area contributed by atoms with E-state index in [1.54, 1.807) is 42.6 Å². The quantitative estimate of drug-likeness (QED) is 0.520. The Morgan fingerprint density at radius 1 is 1.15 bits per heavy atom. The number of aliphatic hydroxyl groups is 1. The summed E-state index contributed by atoms with van der Waals surface area (Å²) in [5.41, 5.74) is 2.29. The molecule has 0 radical (unpaired) electrons. The normalized spacial score (nSPS) is 18.4. The maximum Gasteiger partial charge on any atom is 0.257 e. The molecule has 2 heterocycles. The average Bonchev–Trinajstić information content (AvgIpc) is 2.84. The molecule has 0 spiro atoms. The number of pyridine rings is 1. The van der Waals surface area contributed by atoms with E-state index in [0.29, 0.717) is 46.7 Å². The number of rotatable bonds is 6. The number of carbonyl (C=O) groups excluding carboxylic acids is 2. The van der Waals surface area contributed by atoms with Crippen LogP contribution < -0.4 is 15.5 Å². The van der Waals surface area contributed by atoms with Gasteiger partial charge in [0.25, 0.3) is 5.91 Å². The van der Waals surface area contributed by atoms with E-state index in [1.165, 1.54) is 0 Å². The van der Waals surface area contributed by atoms with Crippen LogP contribution in [0.4, 0.5) is 11.5 Å². The van der Waals surface area contributed by atoms with Crippen LogP contribution in [-0.2, 0) is 11.3 Å². The molecule has 1 fully saturated rings. The molecule has 1 unspecified atom stereocenters. The molecular weight excluding hydrogens is 475 g/mol. The SMILES string of the molecule is O=C(NCc1cc(NC(=O)c2ccc(N3CCC(O)CC3)nc2)ccc1Cl)C1=CC=CC(Cl)C1.